The van der Waals surface area contributed by atoms with Gasteiger partial charge in [0.15, 0.2) is 0 Å². The van der Waals surface area contributed by atoms with Crippen LogP contribution in [-0.2, 0) is 0 Å². The third-order valence-corrected chi connectivity index (χ3v) is 3.77. The van der Waals surface area contributed by atoms with Gasteiger partial charge in [-0.1, -0.05) is 17.7 Å². The van der Waals surface area contributed by atoms with Crippen LogP contribution in [0.1, 0.15) is 17.8 Å². The maximum absolute atomic E-state index is 5.84. The Bertz CT molecular complexity index is 458. The van der Waals surface area contributed by atoms with Gasteiger partial charge in [0.1, 0.15) is 17.3 Å². The second-order valence-corrected chi connectivity index (χ2v) is 4.87. The maximum Gasteiger partial charge on any atom is 0.134 e. The first-order chi connectivity index (χ1) is 7.68. The Morgan fingerprint density at radius 3 is 2.88 bits per heavy atom. The molecular formula is C11H12ClN3S. The van der Waals surface area contributed by atoms with Gasteiger partial charge < -0.3 is 4.90 Å². The van der Waals surface area contributed by atoms with Crippen LogP contribution in [0.25, 0.3) is 0 Å². The molecule has 0 bridgehead atoms. The van der Waals surface area contributed by atoms with E-state index in [1.807, 2.05) is 7.05 Å². The quantitative estimate of drug-likeness (QED) is 0.786. The predicted octanol–water partition coefficient (Wildman–Crippen LogP) is 3.39. The van der Waals surface area contributed by atoms with Crippen LogP contribution in [0.4, 0.5) is 5.82 Å². The Balaban J connectivity index is 2.22. The van der Waals surface area contributed by atoms with E-state index in [9.17, 15) is 0 Å². The zero-order valence-corrected chi connectivity index (χ0v) is 10.7. The van der Waals surface area contributed by atoms with E-state index in [1.165, 1.54) is 11.2 Å². The van der Waals surface area contributed by atoms with Crippen molar-refractivity contribution < 1.29 is 0 Å². The van der Waals surface area contributed by atoms with E-state index in [0.717, 1.165) is 5.82 Å². The summed E-state index contributed by atoms with van der Waals surface area (Å²) in [5.74, 6) is 0.834. The van der Waals surface area contributed by atoms with Gasteiger partial charge in [-0.15, -0.1) is 11.3 Å². The number of anilines is 1. The number of aromatic nitrogens is 2. The Labute approximate surface area is 104 Å². The number of halogens is 1. The Hall–Kier alpha value is -1.13. The van der Waals surface area contributed by atoms with Crippen molar-refractivity contribution in [1.29, 1.82) is 0 Å². The van der Waals surface area contributed by atoms with Gasteiger partial charge in [0.2, 0.25) is 0 Å². The van der Waals surface area contributed by atoms with Gasteiger partial charge >= 0.3 is 0 Å². The van der Waals surface area contributed by atoms with E-state index < -0.39 is 0 Å². The largest absolute Gasteiger partial charge is 0.352 e. The topological polar surface area (TPSA) is 29.0 Å². The minimum absolute atomic E-state index is 0.283. The lowest BCUT2D eigenvalue weighted by Gasteiger charge is -2.24. The molecule has 0 saturated heterocycles. The first-order valence-electron chi connectivity index (χ1n) is 4.92. The van der Waals surface area contributed by atoms with Gasteiger partial charge in [0, 0.05) is 18.0 Å². The average Bonchev–Trinajstić information content (AvgIpc) is 2.80. The molecular weight excluding hydrogens is 242 g/mol. The van der Waals surface area contributed by atoms with Crippen LogP contribution >= 0.6 is 22.9 Å². The third kappa shape index (κ3) is 2.33. The van der Waals surface area contributed by atoms with Gasteiger partial charge in [-0.05, 0) is 18.4 Å². The molecule has 2 aromatic rings. The van der Waals surface area contributed by atoms with E-state index in [1.54, 1.807) is 17.4 Å². The fourth-order valence-corrected chi connectivity index (χ4v) is 2.40. The summed E-state index contributed by atoms with van der Waals surface area (Å²) in [6, 6.07) is 6.23. The van der Waals surface area contributed by atoms with Gasteiger partial charge in [-0.2, -0.15) is 0 Å². The minimum Gasteiger partial charge on any atom is -0.352 e. The van der Waals surface area contributed by atoms with Crippen molar-refractivity contribution in [2.75, 3.05) is 11.9 Å². The van der Waals surface area contributed by atoms with Gasteiger partial charge in [0.05, 0.1) is 6.04 Å². The molecule has 3 nitrogen and oxygen atoms in total. The highest BCUT2D eigenvalue weighted by molar-refractivity contribution is 7.10. The van der Waals surface area contributed by atoms with Crippen LogP contribution in [0.5, 0.6) is 0 Å². The molecule has 0 aliphatic heterocycles. The number of hydrogen-bond acceptors (Lipinski definition) is 4. The molecule has 0 aromatic carbocycles. The van der Waals surface area contributed by atoms with Crippen molar-refractivity contribution in [1.82, 2.24) is 9.97 Å². The summed E-state index contributed by atoms with van der Waals surface area (Å²) in [6.45, 7) is 2.14. The summed E-state index contributed by atoms with van der Waals surface area (Å²) in [5.41, 5.74) is 0. The number of rotatable bonds is 3. The molecule has 2 rings (SSSR count). The fourth-order valence-electron chi connectivity index (χ4n) is 1.44. The Morgan fingerprint density at radius 1 is 1.44 bits per heavy atom. The molecule has 16 heavy (non-hydrogen) atoms. The highest BCUT2D eigenvalue weighted by atomic mass is 35.5. The Kier molecular flexibility index (Phi) is 3.41. The molecule has 1 atom stereocenters. The van der Waals surface area contributed by atoms with Crippen molar-refractivity contribution in [3.63, 3.8) is 0 Å². The fraction of sp³-hybridized carbons (Fsp3) is 0.273. The summed E-state index contributed by atoms with van der Waals surface area (Å²) < 4.78 is 0. The lowest BCUT2D eigenvalue weighted by atomic mass is 10.2. The van der Waals surface area contributed by atoms with Gasteiger partial charge in [-0.25, -0.2) is 9.97 Å². The number of nitrogens with zero attached hydrogens (tertiary/aromatic N) is 3. The molecule has 0 N–H and O–H groups in total. The summed E-state index contributed by atoms with van der Waals surface area (Å²) in [6.07, 6.45) is 1.48. The molecule has 5 heteroatoms. The summed E-state index contributed by atoms with van der Waals surface area (Å²) in [7, 11) is 2.00. The third-order valence-electron chi connectivity index (χ3n) is 2.52. The molecule has 84 valence electrons. The normalized spacial score (nSPS) is 12.4. The molecule has 0 radical (unpaired) electrons. The van der Waals surface area contributed by atoms with Crippen LogP contribution in [0.15, 0.2) is 29.9 Å². The summed E-state index contributed by atoms with van der Waals surface area (Å²) in [5, 5.41) is 2.54. The first kappa shape index (κ1) is 11.4. The molecule has 0 saturated carbocycles. The molecule has 0 aliphatic rings. The lowest BCUT2D eigenvalue weighted by molar-refractivity contribution is 0.740. The highest BCUT2D eigenvalue weighted by Crippen LogP contribution is 2.27. The molecule has 0 amide bonds. The molecule has 1 unspecified atom stereocenters. The van der Waals surface area contributed by atoms with Crippen molar-refractivity contribution in [2.24, 2.45) is 0 Å². The second-order valence-electron chi connectivity index (χ2n) is 3.50. The smallest absolute Gasteiger partial charge is 0.134 e. The van der Waals surface area contributed by atoms with E-state index in [-0.39, 0.29) is 6.04 Å². The molecule has 0 spiro atoms. The highest BCUT2D eigenvalue weighted by Gasteiger charge is 2.14. The van der Waals surface area contributed by atoms with E-state index in [0.29, 0.717) is 5.15 Å². The van der Waals surface area contributed by atoms with Crippen molar-refractivity contribution in [3.05, 3.63) is 39.9 Å². The van der Waals surface area contributed by atoms with E-state index in [4.69, 9.17) is 11.6 Å². The van der Waals surface area contributed by atoms with Crippen molar-refractivity contribution in [2.45, 2.75) is 13.0 Å². The lowest BCUT2D eigenvalue weighted by Crippen LogP contribution is -2.21. The van der Waals surface area contributed by atoms with Gasteiger partial charge in [0.25, 0.3) is 0 Å². The van der Waals surface area contributed by atoms with Crippen molar-refractivity contribution >= 4 is 28.8 Å². The molecule has 0 aliphatic carbocycles. The van der Waals surface area contributed by atoms with Crippen LogP contribution in [-0.4, -0.2) is 17.0 Å². The summed E-state index contributed by atoms with van der Waals surface area (Å²) >= 11 is 7.58. The van der Waals surface area contributed by atoms with Crippen LogP contribution in [0.2, 0.25) is 5.15 Å². The Morgan fingerprint density at radius 2 is 2.25 bits per heavy atom. The molecule has 0 fully saturated rings. The standard InChI is InChI=1S/C11H12ClN3S/c1-8(9-4-3-5-16-9)15(2)11-6-10(12)13-7-14-11/h3-8H,1-2H3. The maximum atomic E-state index is 5.84. The monoisotopic (exact) mass is 253 g/mol. The zero-order valence-electron chi connectivity index (χ0n) is 9.09. The van der Waals surface area contributed by atoms with E-state index >= 15 is 0 Å². The number of hydrogen-bond donors (Lipinski definition) is 0. The SMILES string of the molecule is CC(c1cccs1)N(C)c1cc(Cl)ncn1. The van der Waals surface area contributed by atoms with Crippen LogP contribution < -0.4 is 4.90 Å². The molecule has 2 heterocycles. The first-order valence-corrected chi connectivity index (χ1v) is 6.18. The van der Waals surface area contributed by atoms with E-state index in [2.05, 4.69) is 39.3 Å². The van der Waals surface area contributed by atoms with Gasteiger partial charge in [-0.3, -0.25) is 0 Å². The minimum atomic E-state index is 0.283. The average molecular weight is 254 g/mol. The molecule has 2 aromatic heterocycles. The van der Waals surface area contributed by atoms with Crippen molar-refractivity contribution in [3.8, 4) is 0 Å². The zero-order chi connectivity index (χ0) is 11.5. The second kappa shape index (κ2) is 4.80. The summed E-state index contributed by atoms with van der Waals surface area (Å²) in [4.78, 5) is 11.5. The number of thiophene rings is 1. The predicted molar refractivity (Wildman–Crippen MR) is 68.2 cm³/mol. The van der Waals surface area contributed by atoms with Crippen LogP contribution in [0, 0.1) is 0 Å². The van der Waals surface area contributed by atoms with Crippen LogP contribution in [0.3, 0.4) is 0 Å².